The predicted octanol–water partition coefficient (Wildman–Crippen LogP) is 2.12. The highest BCUT2D eigenvalue weighted by molar-refractivity contribution is 5.93. The average Bonchev–Trinajstić information content (AvgIpc) is 2.52. The maximum Gasteiger partial charge on any atom is 0.269 e. The minimum atomic E-state index is -0.299. The Kier molecular flexibility index (Phi) is 4.93. The molecule has 0 unspecified atom stereocenters. The first-order valence-electron chi connectivity index (χ1n) is 7.09. The molecule has 0 saturated carbocycles. The molecule has 22 heavy (non-hydrogen) atoms. The van der Waals surface area contributed by atoms with Crippen molar-refractivity contribution in [3.8, 4) is 17.0 Å². The second-order valence-corrected chi connectivity index (χ2v) is 5.30. The van der Waals surface area contributed by atoms with Gasteiger partial charge in [-0.15, -0.1) is 0 Å². The fraction of sp³-hybridized carbons (Fsp3) is 0.312. The molecule has 3 N–H and O–H groups in total. The number of amides is 1. The van der Waals surface area contributed by atoms with E-state index in [1.54, 1.807) is 13.1 Å². The van der Waals surface area contributed by atoms with Crippen molar-refractivity contribution >= 4 is 11.9 Å². The number of nitrogens with two attached hydrogens (primary N) is 1. The summed E-state index contributed by atoms with van der Waals surface area (Å²) in [7, 11) is 1.54. The van der Waals surface area contributed by atoms with Crippen LogP contribution in [0.5, 0.6) is 5.75 Å². The number of ether oxygens (including phenoxy) is 1. The van der Waals surface area contributed by atoms with Gasteiger partial charge in [-0.25, -0.2) is 9.97 Å². The Hall–Kier alpha value is -2.63. The quantitative estimate of drug-likeness (QED) is 0.882. The molecule has 1 aromatic heterocycles. The van der Waals surface area contributed by atoms with Crippen molar-refractivity contribution in [1.82, 2.24) is 15.3 Å². The van der Waals surface area contributed by atoms with Crippen molar-refractivity contribution < 1.29 is 9.53 Å². The number of benzene rings is 1. The van der Waals surface area contributed by atoms with Crippen LogP contribution >= 0.6 is 0 Å². The van der Waals surface area contributed by atoms with Gasteiger partial charge in [-0.2, -0.15) is 0 Å². The lowest BCUT2D eigenvalue weighted by molar-refractivity contribution is 0.0958. The summed E-state index contributed by atoms with van der Waals surface area (Å²) < 4.78 is 5.64. The molecule has 0 aliphatic carbocycles. The minimum absolute atomic E-state index is 0.0660. The number of nitrogen functional groups attached to an aromatic ring is 1. The van der Waals surface area contributed by atoms with E-state index in [4.69, 9.17) is 10.5 Å². The highest BCUT2D eigenvalue weighted by atomic mass is 16.5. The van der Waals surface area contributed by atoms with Crippen molar-refractivity contribution in [2.24, 2.45) is 5.92 Å². The molecule has 6 nitrogen and oxygen atoms in total. The average molecular weight is 300 g/mol. The van der Waals surface area contributed by atoms with Gasteiger partial charge in [0.05, 0.1) is 12.3 Å². The first kappa shape index (κ1) is 15.8. The van der Waals surface area contributed by atoms with Crippen LogP contribution in [0.2, 0.25) is 0 Å². The molecule has 0 aliphatic heterocycles. The number of carbonyl (C=O) groups excluding carboxylic acids is 1. The number of hydrogen-bond donors (Lipinski definition) is 2. The van der Waals surface area contributed by atoms with Crippen LogP contribution in [0.3, 0.4) is 0 Å². The summed E-state index contributed by atoms with van der Waals surface area (Å²) in [5.74, 6) is 1.03. The van der Waals surface area contributed by atoms with Gasteiger partial charge in [-0.05, 0) is 36.2 Å². The first-order valence-corrected chi connectivity index (χ1v) is 7.09. The summed E-state index contributed by atoms with van der Waals surface area (Å²) in [4.78, 5) is 19.8. The molecule has 0 radical (unpaired) electrons. The zero-order chi connectivity index (χ0) is 16.1. The maximum atomic E-state index is 11.7. The van der Waals surface area contributed by atoms with Crippen molar-refractivity contribution in [3.63, 3.8) is 0 Å². The number of rotatable bonds is 5. The molecule has 0 aliphatic rings. The smallest absolute Gasteiger partial charge is 0.269 e. The predicted molar refractivity (Wildman–Crippen MR) is 85.6 cm³/mol. The van der Waals surface area contributed by atoms with Crippen LogP contribution in [0, 0.1) is 5.92 Å². The van der Waals surface area contributed by atoms with Crippen LogP contribution < -0.4 is 15.8 Å². The lowest BCUT2D eigenvalue weighted by atomic mass is 10.1. The summed E-state index contributed by atoms with van der Waals surface area (Å²) in [6.07, 6.45) is 0. The molecule has 1 heterocycles. The van der Waals surface area contributed by atoms with Gasteiger partial charge in [0.25, 0.3) is 5.91 Å². The number of anilines is 1. The van der Waals surface area contributed by atoms with Crippen molar-refractivity contribution in [2.75, 3.05) is 19.4 Å². The third-order valence-corrected chi connectivity index (χ3v) is 2.94. The Morgan fingerprint density at radius 2 is 1.95 bits per heavy atom. The molecule has 0 fully saturated rings. The normalized spacial score (nSPS) is 10.5. The van der Waals surface area contributed by atoms with Crippen molar-refractivity contribution in [2.45, 2.75) is 13.8 Å². The molecule has 0 atom stereocenters. The summed E-state index contributed by atoms with van der Waals surface area (Å²) in [5, 5.41) is 2.52. The van der Waals surface area contributed by atoms with Crippen LogP contribution in [0.15, 0.2) is 30.3 Å². The van der Waals surface area contributed by atoms with Crippen LogP contribution in [-0.2, 0) is 0 Å². The largest absolute Gasteiger partial charge is 0.493 e. The van der Waals surface area contributed by atoms with E-state index in [0.29, 0.717) is 18.2 Å². The second-order valence-electron chi connectivity index (χ2n) is 5.30. The van der Waals surface area contributed by atoms with Crippen LogP contribution in [-0.4, -0.2) is 29.5 Å². The highest BCUT2D eigenvalue weighted by Gasteiger charge is 2.10. The molecule has 0 saturated heterocycles. The molecule has 6 heteroatoms. The Balaban J connectivity index is 2.24. The Morgan fingerprint density at radius 3 is 2.55 bits per heavy atom. The molecular weight excluding hydrogens is 280 g/mol. The molecule has 0 bridgehead atoms. The van der Waals surface area contributed by atoms with E-state index >= 15 is 0 Å². The van der Waals surface area contributed by atoms with Gasteiger partial charge < -0.3 is 15.8 Å². The summed E-state index contributed by atoms with van der Waals surface area (Å²) >= 11 is 0. The van der Waals surface area contributed by atoms with E-state index in [1.165, 1.54) is 0 Å². The minimum Gasteiger partial charge on any atom is -0.493 e. The number of nitrogens with zero attached hydrogens (tertiary/aromatic N) is 2. The lowest BCUT2D eigenvalue weighted by Crippen LogP contribution is -2.20. The maximum absolute atomic E-state index is 11.7. The zero-order valence-corrected chi connectivity index (χ0v) is 13.0. The van der Waals surface area contributed by atoms with Crippen LogP contribution in [0.25, 0.3) is 11.3 Å². The van der Waals surface area contributed by atoms with Crippen molar-refractivity contribution in [1.29, 1.82) is 0 Å². The van der Waals surface area contributed by atoms with Gasteiger partial charge in [-0.3, -0.25) is 4.79 Å². The molecule has 1 aromatic carbocycles. The van der Waals surface area contributed by atoms with E-state index in [9.17, 15) is 4.79 Å². The fourth-order valence-corrected chi connectivity index (χ4v) is 1.84. The van der Waals surface area contributed by atoms with Gasteiger partial charge in [-0.1, -0.05) is 13.8 Å². The lowest BCUT2D eigenvalue weighted by Gasteiger charge is -2.09. The SMILES string of the molecule is CNC(=O)c1cc(-c2ccc(OCC(C)C)cc2)nc(N)n1. The second kappa shape index (κ2) is 6.89. The molecular formula is C16H20N4O2. The number of aromatic nitrogens is 2. The topological polar surface area (TPSA) is 90.1 Å². The van der Waals surface area contributed by atoms with Crippen LogP contribution in [0.1, 0.15) is 24.3 Å². The van der Waals surface area contributed by atoms with Crippen molar-refractivity contribution in [3.05, 3.63) is 36.0 Å². The van der Waals surface area contributed by atoms with E-state index in [2.05, 4.69) is 29.1 Å². The van der Waals surface area contributed by atoms with Gasteiger partial charge in [0.2, 0.25) is 5.95 Å². The monoisotopic (exact) mass is 300 g/mol. The summed E-state index contributed by atoms with van der Waals surface area (Å²) in [6, 6.07) is 9.11. The standard InChI is InChI=1S/C16H20N4O2/c1-10(2)9-22-12-6-4-11(5-7-12)13-8-14(15(21)18-3)20-16(17)19-13/h4-8,10H,9H2,1-3H3,(H,18,21)(H2,17,19,20). The molecule has 1 amide bonds. The van der Waals surface area contributed by atoms with E-state index in [0.717, 1.165) is 11.3 Å². The molecule has 2 aromatic rings. The van der Waals surface area contributed by atoms with Crippen LogP contribution in [0.4, 0.5) is 5.95 Å². The van der Waals surface area contributed by atoms with Gasteiger partial charge in [0.1, 0.15) is 11.4 Å². The molecule has 0 spiro atoms. The number of hydrogen-bond acceptors (Lipinski definition) is 5. The fourth-order valence-electron chi connectivity index (χ4n) is 1.84. The zero-order valence-electron chi connectivity index (χ0n) is 13.0. The Bertz CT molecular complexity index is 654. The third kappa shape index (κ3) is 3.94. The Morgan fingerprint density at radius 1 is 1.27 bits per heavy atom. The van der Waals surface area contributed by atoms with E-state index < -0.39 is 0 Å². The highest BCUT2D eigenvalue weighted by Crippen LogP contribution is 2.22. The number of nitrogens with one attached hydrogen (secondary N) is 1. The summed E-state index contributed by atoms with van der Waals surface area (Å²) in [5.41, 5.74) is 7.36. The first-order chi connectivity index (χ1) is 10.5. The van der Waals surface area contributed by atoms with E-state index in [-0.39, 0.29) is 17.5 Å². The Labute approximate surface area is 129 Å². The van der Waals surface area contributed by atoms with Gasteiger partial charge >= 0.3 is 0 Å². The van der Waals surface area contributed by atoms with Gasteiger partial charge in [0.15, 0.2) is 0 Å². The van der Waals surface area contributed by atoms with E-state index in [1.807, 2.05) is 24.3 Å². The number of carbonyl (C=O) groups is 1. The van der Waals surface area contributed by atoms with Gasteiger partial charge in [0, 0.05) is 12.6 Å². The third-order valence-electron chi connectivity index (χ3n) is 2.94. The molecule has 116 valence electrons. The molecule has 2 rings (SSSR count). The summed E-state index contributed by atoms with van der Waals surface area (Å²) in [6.45, 7) is 4.86.